The van der Waals surface area contributed by atoms with Crippen molar-refractivity contribution in [2.45, 2.75) is 39.5 Å². The van der Waals surface area contributed by atoms with Crippen molar-refractivity contribution in [3.8, 4) is 0 Å². The number of morpholine rings is 1. The fourth-order valence-corrected chi connectivity index (χ4v) is 2.86. The summed E-state index contributed by atoms with van der Waals surface area (Å²) in [6.07, 6.45) is 4.61. The number of nitrogens with zero attached hydrogens (tertiary/aromatic N) is 3. The van der Waals surface area contributed by atoms with Crippen LogP contribution in [0.15, 0.2) is 4.99 Å². The summed E-state index contributed by atoms with van der Waals surface area (Å²) in [5.41, 5.74) is 5.92. The Kier molecular flexibility index (Phi) is 16.3. The molecule has 0 aliphatic carbocycles. The van der Waals surface area contributed by atoms with Crippen LogP contribution in [-0.4, -0.2) is 81.3 Å². The van der Waals surface area contributed by atoms with Crippen molar-refractivity contribution in [2.75, 3.05) is 65.6 Å². The maximum atomic E-state index is 5.92. The molecule has 24 heavy (non-hydrogen) atoms. The van der Waals surface area contributed by atoms with Crippen LogP contribution in [-0.2, 0) is 4.74 Å². The van der Waals surface area contributed by atoms with Crippen LogP contribution in [0.1, 0.15) is 39.5 Å². The minimum atomic E-state index is 0. The molecule has 7 heteroatoms. The third-order valence-corrected chi connectivity index (χ3v) is 4.06. The molecular weight excluding hydrogens is 417 g/mol. The van der Waals surface area contributed by atoms with Gasteiger partial charge in [-0.25, -0.2) is 0 Å². The van der Waals surface area contributed by atoms with Gasteiger partial charge in [-0.05, 0) is 51.9 Å². The van der Waals surface area contributed by atoms with Crippen molar-refractivity contribution in [3.05, 3.63) is 0 Å². The summed E-state index contributed by atoms with van der Waals surface area (Å²) in [5.74, 6) is 0.588. The fraction of sp³-hybridized carbons (Fsp3) is 0.941. The third-order valence-electron chi connectivity index (χ3n) is 4.06. The average molecular weight is 455 g/mol. The maximum absolute atomic E-state index is 5.92. The lowest BCUT2D eigenvalue weighted by Gasteiger charge is -2.26. The van der Waals surface area contributed by atoms with Gasteiger partial charge in [-0.1, -0.05) is 13.8 Å². The minimum absolute atomic E-state index is 0. The van der Waals surface area contributed by atoms with Crippen LogP contribution in [0.3, 0.4) is 0 Å². The predicted molar refractivity (Wildman–Crippen MR) is 113 cm³/mol. The van der Waals surface area contributed by atoms with E-state index in [4.69, 9.17) is 10.5 Å². The first-order valence-corrected chi connectivity index (χ1v) is 9.32. The molecule has 0 amide bonds. The third kappa shape index (κ3) is 12.3. The lowest BCUT2D eigenvalue weighted by molar-refractivity contribution is 0.0376. The summed E-state index contributed by atoms with van der Waals surface area (Å²) in [5, 5.41) is 3.22. The van der Waals surface area contributed by atoms with Crippen molar-refractivity contribution >= 4 is 29.9 Å². The van der Waals surface area contributed by atoms with Crippen LogP contribution in [0.25, 0.3) is 0 Å². The van der Waals surface area contributed by atoms with E-state index in [0.717, 1.165) is 65.3 Å². The Bertz CT molecular complexity index is 305. The van der Waals surface area contributed by atoms with Gasteiger partial charge in [0.25, 0.3) is 0 Å². The van der Waals surface area contributed by atoms with Gasteiger partial charge in [-0.2, -0.15) is 0 Å². The first-order valence-electron chi connectivity index (χ1n) is 9.32. The Morgan fingerprint density at radius 1 is 1.12 bits per heavy atom. The summed E-state index contributed by atoms with van der Waals surface area (Å²) >= 11 is 0. The van der Waals surface area contributed by atoms with Gasteiger partial charge in [0.1, 0.15) is 0 Å². The number of guanidine groups is 1. The molecule has 1 aliphatic heterocycles. The molecule has 144 valence electrons. The van der Waals surface area contributed by atoms with Crippen molar-refractivity contribution in [1.29, 1.82) is 0 Å². The number of aliphatic imine (C=N–C) groups is 1. The molecule has 0 aromatic rings. The van der Waals surface area contributed by atoms with E-state index in [1.165, 1.54) is 25.9 Å². The van der Waals surface area contributed by atoms with Gasteiger partial charge in [-0.3, -0.25) is 9.89 Å². The fourth-order valence-electron chi connectivity index (χ4n) is 2.86. The Morgan fingerprint density at radius 3 is 2.42 bits per heavy atom. The van der Waals surface area contributed by atoms with Gasteiger partial charge in [0, 0.05) is 26.2 Å². The Balaban J connectivity index is 0.00000529. The molecule has 1 aliphatic rings. The van der Waals surface area contributed by atoms with Gasteiger partial charge < -0.3 is 20.7 Å². The predicted octanol–water partition coefficient (Wildman–Crippen LogP) is 1.74. The molecule has 1 fully saturated rings. The molecule has 0 atom stereocenters. The van der Waals surface area contributed by atoms with Crippen LogP contribution in [0.2, 0.25) is 0 Å². The van der Waals surface area contributed by atoms with Gasteiger partial charge in [0.2, 0.25) is 0 Å². The van der Waals surface area contributed by atoms with Crippen LogP contribution < -0.4 is 11.1 Å². The molecule has 0 aromatic heterocycles. The largest absolute Gasteiger partial charge is 0.379 e. The van der Waals surface area contributed by atoms with Crippen molar-refractivity contribution in [3.63, 3.8) is 0 Å². The van der Waals surface area contributed by atoms with E-state index in [1.807, 2.05) is 0 Å². The summed E-state index contributed by atoms with van der Waals surface area (Å²) in [7, 11) is 0. The van der Waals surface area contributed by atoms with Gasteiger partial charge in [0.15, 0.2) is 5.96 Å². The van der Waals surface area contributed by atoms with E-state index < -0.39 is 0 Å². The van der Waals surface area contributed by atoms with E-state index in [1.54, 1.807) is 0 Å². The first-order chi connectivity index (χ1) is 11.3. The smallest absolute Gasteiger partial charge is 0.188 e. The SMILES string of the molecule is CCCN(CCC)CCCN=C(N)NCCCN1CCOCC1.I. The summed E-state index contributed by atoms with van der Waals surface area (Å²) < 4.78 is 5.35. The number of hydrogen-bond acceptors (Lipinski definition) is 4. The van der Waals surface area contributed by atoms with E-state index >= 15 is 0 Å². The lowest BCUT2D eigenvalue weighted by atomic mass is 10.3. The topological polar surface area (TPSA) is 66.1 Å². The average Bonchev–Trinajstić information content (AvgIpc) is 2.57. The number of halogens is 1. The molecule has 0 bridgehead atoms. The van der Waals surface area contributed by atoms with E-state index in [-0.39, 0.29) is 24.0 Å². The van der Waals surface area contributed by atoms with Crippen LogP contribution in [0.5, 0.6) is 0 Å². The highest BCUT2D eigenvalue weighted by Gasteiger charge is 2.09. The monoisotopic (exact) mass is 455 g/mol. The zero-order valence-electron chi connectivity index (χ0n) is 15.6. The standard InChI is InChI=1S/C17H37N5O.HI/c1-3-9-21(10-4-2)11-5-7-19-17(18)20-8-6-12-22-13-15-23-16-14-22;/h3-16H2,1-2H3,(H3,18,19,20);1H. The number of ether oxygens (including phenoxy) is 1. The Morgan fingerprint density at radius 2 is 1.79 bits per heavy atom. The molecule has 0 unspecified atom stereocenters. The highest BCUT2D eigenvalue weighted by atomic mass is 127. The molecule has 0 spiro atoms. The molecule has 3 N–H and O–H groups in total. The second-order valence-electron chi connectivity index (χ2n) is 6.20. The number of nitrogens with one attached hydrogen (secondary N) is 1. The Labute approximate surface area is 165 Å². The maximum Gasteiger partial charge on any atom is 0.188 e. The second-order valence-corrected chi connectivity index (χ2v) is 6.20. The van der Waals surface area contributed by atoms with E-state index in [9.17, 15) is 0 Å². The van der Waals surface area contributed by atoms with Crippen molar-refractivity contribution in [2.24, 2.45) is 10.7 Å². The van der Waals surface area contributed by atoms with Crippen LogP contribution in [0, 0.1) is 0 Å². The van der Waals surface area contributed by atoms with Crippen LogP contribution in [0.4, 0.5) is 0 Å². The highest BCUT2D eigenvalue weighted by Crippen LogP contribution is 1.98. The number of hydrogen-bond donors (Lipinski definition) is 2. The lowest BCUT2D eigenvalue weighted by Crippen LogP contribution is -2.39. The number of rotatable bonds is 12. The van der Waals surface area contributed by atoms with Gasteiger partial charge in [-0.15, -0.1) is 24.0 Å². The van der Waals surface area contributed by atoms with E-state index in [0.29, 0.717) is 5.96 Å². The summed E-state index contributed by atoms with van der Waals surface area (Å²) in [6, 6.07) is 0. The summed E-state index contributed by atoms with van der Waals surface area (Å²) in [6.45, 7) is 14.6. The quantitative estimate of drug-likeness (QED) is 0.203. The van der Waals surface area contributed by atoms with Crippen molar-refractivity contribution in [1.82, 2.24) is 15.1 Å². The molecule has 6 nitrogen and oxygen atoms in total. The van der Waals surface area contributed by atoms with Crippen LogP contribution >= 0.6 is 24.0 Å². The molecule has 1 heterocycles. The molecule has 1 rings (SSSR count). The number of nitrogens with two attached hydrogens (primary N) is 1. The molecule has 1 saturated heterocycles. The van der Waals surface area contributed by atoms with Crippen molar-refractivity contribution < 1.29 is 4.74 Å². The second kappa shape index (κ2) is 16.4. The highest BCUT2D eigenvalue weighted by molar-refractivity contribution is 14.0. The van der Waals surface area contributed by atoms with Gasteiger partial charge in [0.05, 0.1) is 13.2 Å². The zero-order valence-corrected chi connectivity index (χ0v) is 18.0. The molecule has 0 radical (unpaired) electrons. The minimum Gasteiger partial charge on any atom is -0.379 e. The van der Waals surface area contributed by atoms with E-state index in [2.05, 4.69) is 34.0 Å². The normalized spacial score (nSPS) is 16.2. The first kappa shape index (κ1) is 23.9. The zero-order chi connectivity index (χ0) is 16.8. The molecular formula is C17H38IN5O. The summed E-state index contributed by atoms with van der Waals surface area (Å²) in [4.78, 5) is 9.38. The molecule has 0 aromatic carbocycles. The Hall–Kier alpha value is -0.120. The van der Waals surface area contributed by atoms with Gasteiger partial charge >= 0.3 is 0 Å². The molecule has 0 saturated carbocycles.